The summed E-state index contributed by atoms with van der Waals surface area (Å²) in [6, 6.07) is 15.3. The summed E-state index contributed by atoms with van der Waals surface area (Å²) in [7, 11) is 0. The smallest absolute Gasteiger partial charge is 0.227 e. The maximum atomic E-state index is 12.6. The number of fused-ring (bicyclic) bond motifs is 1. The lowest BCUT2D eigenvalue weighted by Gasteiger charge is -2.23. The molecular weight excluding hydrogens is 306 g/mol. The monoisotopic (exact) mass is 327 g/mol. The highest BCUT2D eigenvalue weighted by atomic mass is 16.6. The molecular formula is C19H21NO4. The van der Waals surface area contributed by atoms with Crippen LogP contribution in [-0.4, -0.2) is 42.3 Å². The third kappa shape index (κ3) is 4.06. The van der Waals surface area contributed by atoms with Gasteiger partial charge in [0.1, 0.15) is 13.2 Å². The van der Waals surface area contributed by atoms with Crippen LogP contribution in [0, 0.1) is 0 Å². The Morgan fingerprint density at radius 1 is 1.00 bits per heavy atom. The third-order valence-electron chi connectivity index (χ3n) is 3.90. The van der Waals surface area contributed by atoms with E-state index in [2.05, 4.69) is 0 Å². The number of ether oxygens (including phenoxy) is 2. The van der Waals surface area contributed by atoms with Crippen molar-refractivity contribution in [1.82, 2.24) is 4.90 Å². The molecule has 1 heterocycles. The topological polar surface area (TPSA) is 59.0 Å². The maximum Gasteiger partial charge on any atom is 0.227 e. The predicted octanol–water partition coefficient (Wildman–Crippen LogP) is 2.02. The van der Waals surface area contributed by atoms with Gasteiger partial charge in [-0.3, -0.25) is 4.79 Å². The molecule has 5 heteroatoms. The molecule has 2 aromatic rings. The fourth-order valence-electron chi connectivity index (χ4n) is 2.70. The first-order chi connectivity index (χ1) is 11.8. The quantitative estimate of drug-likeness (QED) is 0.882. The summed E-state index contributed by atoms with van der Waals surface area (Å²) < 4.78 is 11.1. The van der Waals surface area contributed by atoms with E-state index in [9.17, 15) is 9.90 Å². The summed E-state index contributed by atoms with van der Waals surface area (Å²) in [5.74, 6) is 1.38. The molecule has 0 fully saturated rings. The van der Waals surface area contributed by atoms with Crippen molar-refractivity contribution in [3.63, 3.8) is 0 Å². The molecule has 1 aliphatic rings. The Kier molecular flexibility index (Phi) is 5.33. The van der Waals surface area contributed by atoms with Crippen molar-refractivity contribution in [1.29, 1.82) is 0 Å². The van der Waals surface area contributed by atoms with Gasteiger partial charge < -0.3 is 19.5 Å². The minimum absolute atomic E-state index is 0.0235. The van der Waals surface area contributed by atoms with E-state index in [1.807, 2.05) is 48.5 Å². The molecule has 126 valence electrons. The molecule has 1 amide bonds. The molecule has 1 N–H and O–H groups in total. The molecule has 24 heavy (non-hydrogen) atoms. The number of amides is 1. The zero-order valence-electron chi connectivity index (χ0n) is 13.5. The van der Waals surface area contributed by atoms with Crippen LogP contribution in [-0.2, 0) is 17.8 Å². The first kappa shape index (κ1) is 16.3. The number of aliphatic hydroxyl groups excluding tert-OH is 1. The fraction of sp³-hybridized carbons (Fsp3) is 0.316. The number of hydrogen-bond acceptors (Lipinski definition) is 4. The lowest BCUT2D eigenvalue weighted by molar-refractivity contribution is -0.131. The predicted molar refractivity (Wildman–Crippen MR) is 90.1 cm³/mol. The number of nitrogens with zero attached hydrogens (tertiary/aromatic N) is 1. The first-order valence-corrected chi connectivity index (χ1v) is 8.07. The average molecular weight is 327 g/mol. The van der Waals surface area contributed by atoms with Crippen molar-refractivity contribution < 1.29 is 19.4 Å². The largest absolute Gasteiger partial charge is 0.486 e. The number of aliphatic hydroxyl groups is 1. The second-order valence-electron chi connectivity index (χ2n) is 5.68. The van der Waals surface area contributed by atoms with E-state index in [-0.39, 0.29) is 18.9 Å². The molecule has 0 radical (unpaired) electrons. The Hall–Kier alpha value is -2.53. The van der Waals surface area contributed by atoms with Gasteiger partial charge in [0.25, 0.3) is 0 Å². The highest BCUT2D eigenvalue weighted by Crippen LogP contribution is 2.31. The van der Waals surface area contributed by atoms with E-state index in [1.165, 1.54) is 0 Å². The van der Waals surface area contributed by atoms with Crippen LogP contribution < -0.4 is 9.47 Å². The Balaban J connectivity index is 1.69. The molecule has 3 rings (SSSR count). The van der Waals surface area contributed by atoms with E-state index in [1.54, 1.807) is 4.90 Å². The summed E-state index contributed by atoms with van der Waals surface area (Å²) >= 11 is 0. The van der Waals surface area contributed by atoms with Gasteiger partial charge in [-0.25, -0.2) is 0 Å². The third-order valence-corrected chi connectivity index (χ3v) is 3.90. The average Bonchev–Trinajstić information content (AvgIpc) is 2.62. The van der Waals surface area contributed by atoms with Crippen molar-refractivity contribution >= 4 is 5.91 Å². The molecule has 0 aliphatic carbocycles. The highest BCUT2D eigenvalue weighted by Gasteiger charge is 2.17. The van der Waals surface area contributed by atoms with Gasteiger partial charge in [-0.15, -0.1) is 0 Å². The number of carbonyl (C=O) groups is 1. The van der Waals surface area contributed by atoms with Crippen molar-refractivity contribution in [3.05, 3.63) is 59.7 Å². The van der Waals surface area contributed by atoms with E-state index < -0.39 is 0 Å². The van der Waals surface area contributed by atoms with E-state index in [4.69, 9.17) is 9.47 Å². The number of rotatable bonds is 6. The Morgan fingerprint density at radius 2 is 1.75 bits per heavy atom. The Bertz CT molecular complexity index is 687. The van der Waals surface area contributed by atoms with Gasteiger partial charge in [-0.2, -0.15) is 0 Å². The van der Waals surface area contributed by atoms with Gasteiger partial charge in [0.2, 0.25) is 5.91 Å². The van der Waals surface area contributed by atoms with Crippen LogP contribution in [0.2, 0.25) is 0 Å². The Labute approximate surface area is 141 Å². The molecule has 0 aromatic heterocycles. The van der Waals surface area contributed by atoms with Gasteiger partial charge in [-0.1, -0.05) is 36.4 Å². The van der Waals surface area contributed by atoms with Crippen molar-refractivity contribution in [3.8, 4) is 11.5 Å². The van der Waals surface area contributed by atoms with E-state index >= 15 is 0 Å². The second kappa shape index (κ2) is 7.84. The lowest BCUT2D eigenvalue weighted by Crippen LogP contribution is -2.34. The summed E-state index contributed by atoms with van der Waals surface area (Å²) in [5.41, 5.74) is 1.92. The summed E-state index contributed by atoms with van der Waals surface area (Å²) in [4.78, 5) is 14.3. The molecule has 0 saturated carbocycles. The van der Waals surface area contributed by atoms with Crippen LogP contribution in [0.15, 0.2) is 48.5 Å². The molecule has 2 aromatic carbocycles. The molecule has 0 spiro atoms. The van der Waals surface area contributed by atoms with E-state index in [0.717, 1.165) is 11.1 Å². The highest BCUT2D eigenvalue weighted by molar-refractivity contribution is 5.79. The maximum absolute atomic E-state index is 12.6. The minimum Gasteiger partial charge on any atom is -0.486 e. The summed E-state index contributed by atoms with van der Waals surface area (Å²) in [5, 5.41) is 9.26. The number of hydrogen-bond donors (Lipinski definition) is 1. The molecule has 0 atom stereocenters. The molecule has 1 aliphatic heterocycles. The van der Waals surface area contributed by atoms with Crippen molar-refractivity contribution in [2.24, 2.45) is 0 Å². The van der Waals surface area contributed by atoms with Crippen molar-refractivity contribution in [2.45, 2.75) is 13.0 Å². The zero-order valence-corrected chi connectivity index (χ0v) is 13.5. The number of benzene rings is 2. The second-order valence-corrected chi connectivity index (χ2v) is 5.68. The summed E-state index contributed by atoms with van der Waals surface area (Å²) in [6.07, 6.45) is 0.267. The van der Waals surface area contributed by atoms with Crippen LogP contribution >= 0.6 is 0 Å². The number of carbonyl (C=O) groups excluding carboxylic acids is 1. The van der Waals surface area contributed by atoms with E-state index in [0.29, 0.717) is 37.8 Å². The SMILES string of the molecule is O=C(Cc1ccc2c(c1)OCCO2)N(CCO)Cc1ccccc1. The van der Waals surface area contributed by atoms with Gasteiger partial charge in [0, 0.05) is 13.1 Å². The molecule has 0 bridgehead atoms. The van der Waals surface area contributed by atoms with Crippen LogP contribution in [0.25, 0.3) is 0 Å². The van der Waals surface area contributed by atoms with Crippen LogP contribution in [0.3, 0.4) is 0 Å². The van der Waals surface area contributed by atoms with Gasteiger partial charge in [-0.05, 0) is 23.3 Å². The van der Waals surface area contributed by atoms with Crippen LogP contribution in [0.4, 0.5) is 0 Å². The van der Waals surface area contributed by atoms with Crippen LogP contribution in [0.1, 0.15) is 11.1 Å². The molecule has 0 saturated heterocycles. The minimum atomic E-state index is -0.0558. The summed E-state index contributed by atoms with van der Waals surface area (Å²) in [6.45, 7) is 1.82. The molecule has 0 unspecified atom stereocenters. The zero-order chi connectivity index (χ0) is 16.8. The van der Waals surface area contributed by atoms with Gasteiger partial charge >= 0.3 is 0 Å². The van der Waals surface area contributed by atoms with Crippen LogP contribution in [0.5, 0.6) is 11.5 Å². The Morgan fingerprint density at radius 3 is 2.50 bits per heavy atom. The van der Waals surface area contributed by atoms with Gasteiger partial charge in [0.05, 0.1) is 13.0 Å². The van der Waals surface area contributed by atoms with Crippen molar-refractivity contribution in [2.75, 3.05) is 26.4 Å². The fourth-order valence-corrected chi connectivity index (χ4v) is 2.70. The molecule has 5 nitrogen and oxygen atoms in total. The lowest BCUT2D eigenvalue weighted by atomic mass is 10.1. The standard InChI is InChI=1S/C19H21NO4/c21-9-8-20(14-15-4-2-1-3-5-15)19(22)13-16-6-7-17-18(12-16)24-11-10-23-17/h1-7,12,21H,8-11,13-14H2. The first-order valence-electron chi connectivity index (χ1n) is 8.07. The normalized spacial score (nSPS) is 12.7. The van der Waals surface area contributed by atoms with Gasteiger partial charge in [0.15, 0.2) is 11.5 Å².